The summed E-state index contributed by atoms with van der Waals surface area (Å²) in [5.41, 5.74) is 2.47. The van der Waals surface area contributed by atoms with Crippen LogP contribution in [0.2, 0.25) is 0 Å². The van der Waals surface area contributed by atoms with Gasteiger partial charge in [0.05, 0.1) is 11.3 Å². The molecule has 0 bridgehead atoms. The van der Waals surface area contributed by atoms with Crippen molar-refractivity contribution in [2.75, 3.05) is 18.6 Å². The summed E-state index contributed by atoms with van der Waals surface area (Å²) in [5.74, 6) is 0.616. The highest BCUT2D eigenvalue weighted by molar-refractivity contribution is 7.92. The normalized spacial score (nSPS) is 25.3. The Morgan fingerprint density at radius 3 is 2.81 bits per heavy atom. The molecule has 1 saturated heterocycles. The summed E-state index contributed by atoms with van der Waals surface area (Å²) < 4.78 is 19.5. The van der Waals surface area contributed by atoms with Crippen LogP contribution in [0.25, 0.3) is 10.9 Å². The van der Waals surface area contributed by atoms with Crippen LogP contribution in [0.15, 0.2) is 24.3 Å². The van der Waals surface area contributed by atoms with Crippen molar-refractivity contribution in [2.45, 2.75) is 19.4 Å². The minimum atomic E-state index is -2.50. The molecule has 0 spiro atoms. The molecule has 1 aliphatic rings. The summed E-state index contributed by atoms with van der Waals surface area (Å²) in [4.78, 5) is 17.7. The van der Waals surface area contributed by atoms with Crippen molar-refractivity contribution < 1.29 is 9.00 Å². The highest BCUT2D eigenvalue weighted by Crippen LogP contribution is 2.25. The Hall–Kier alpha value is -1.82. The monoisotopic (exact) mass is 305 g/mol. The third-order valence-electron chi connectivity index (χ3n) is 4.22. The lowest BCUT2D eigenvalue weighted by Crippen LogP contribution is -2.38. The highest BCUT2D eigenvalue weighted by atomic mass is 32.2. The molecule has 3 rings (SSSR count). The van der Waals surface area contributed by atoms with E-state index in [0.29, 0.717) is 17.7 Å². The number of rotatable bonds is 2. The van der Waals surface area contributed by atoms with Crippen LogP contribution in [0.1, 0.15) is 22.5 Å². The van der Waals surface area contributed by atoms with Crippen LogP contribution in [0.3, 0.4) is 0 Å². The fourth-order valence-corrected chi connectivity index (χ4v) is 4.84. The predicted molar refractivity (Wildman–Crippen MR) is 84.1 cm³/mol. The van der Waals surface area contributed by atoms with Gasteiger partial charge in [-0.1, -0.05) is 18.2 Å². The van der Waals surface area contributed by atoms with Crippen molar-refractivity contribution in [1.82, 2.24) is 9.88 Å². The van der Waals surface area contributed by atoms with Gasteiger partial charge < -0.3 is 9.88 Å². The van der Waals surface area contributed by atoms with Crippen molar-refractivity contribution in [3.63, 3.8) is 0 Å². The van der Waals surface area contributed by atoms with E-state index in [1.807, 2.05) is 31.2 Å². The molecule has 0 radical (unpaired) electrons. The van der Waals surface area contributed by atoms with E-state index in [1.54, 1.807) is 11.9 Å². The molecule has 2 unspecified atom stereocenters. The number of carbonyl (C=O) groups excluding carboxylic acids is 1. The van der Waals surface area contributed by atoms with E-state index >= 15 is 0 Å². The molecule has 1 amide bonds. The van der Waals surface area contributed by atoms with E-state index in [-0.39, 0.29) is 17.7 Å². The summed E-state index contributed by atoms with van der Waals surface area (Å²) in [6, 6.07) is 7.63. The molecule has 1 aliphatic heterocycles. The maximum absolute atomic E-state index is 12.8. The number of nitrogens with one attached hydrogen (secondary N) is 2. The molecule has 1 aromatic carbocycles. The number of aromatic nitrogens is 1. The topological polar surface area (TPSA) is 77.0 Å². The second kappa shape index (κ2) is 4.87. The van der Waals surface area contributed by atoms with Crippen molar-refractivity contribution >= 4 is 26.5 Å². The molecule has 1 fully saturated rings. The van der Waals surface area contributed by atoms with Gasteiger partial charge in [-0.3, -0.25) is 9.57 Å². The summed E-state index contributed by atoms with van der Waals surface area (Å²) in [6.07, 6.45) is 0.645. The van der Waals surface area contributed by atoms with E-state index in [1.165, 1.54) is 0 Å². The smallest absolute Gasteiger partial charge is 0.256 e. The van der Waals surface area contributed by atoms with E-state index in [9.17, 15) is 9.00 Å². The van der Waals surface area contributed by atoms with Crippen LogP contribution < -0.4 is 0 Å². The van der Waals surface area contributed by atoms with E-state index < -0.39 is 9.73 Å². The number of carbonyl (C=O) groups is 1. The second-order valence-electron chi connectivity index (χ2n) is 5.71. The van der Waals surface area contributed by atoms with Gasteiger partial charge in [-0.05, 0) is 19.4 Å². The Morgan fingerprint density at radius 1 is 1.43 bits per heavy atom. The van der Waals surface area contributed by atoms with Crippen LogP contribution in [0.5, 0.6) is 0 Å². The van der Waals surface area contributed by atoms with Gasteiger partial charge in [0.2, 0.25) is 0 Å². The molecule has 0 aliphatic carbocycles. The first-order chi connectivity index (χ1) is 9.89. The Labute approximate surface area is 124 Å². The second-order valence-corrected chi connectivity index (χ2v) is 8.08. The molecule has 2 aromatic rings. The Balaban J connectivity index is 1.95. The lowest BCUT2D eigenvalue weighted by atomic mass is 10.1. The lowest BCUT2D eigenvalue weighted by Gasteiger charge is -2.23. The maximum atomic E-state index is 12.8. The number of amides is 1. The molecule has 5 nitrogen and oxygen atoms in total. The van der Waals surface area contributed by atoms with Crippen molar-refractivity contribution in [2.24, 2.45) is 0 Å². The first-order valence-electron chi connectivity index (χ1n) is 6.98. The third-order valence-corrected chi connectivity index (χ3v) is 6.04. The fraction of sp³-hybridized carbons (Fsp3) is 0.400. The number of benzene rings is 1. The van der Waals surface area contributed by atoms with Crippen molar-refractivity contribution in [3.05, 3.63) is 35.5 Å². The molecule has 2 atom stereocenters. The zero-order valence-electron chi connectivity index (χ0n) is 12.2. The quantitative estimate of drug-likeness (QED) is 0.893. The largest absolute Gasteiger partial charge is 0.358 e. The summed E-state index contributed by atoms with van der Waals surface area (Å²) in [7, 11) is -0.752. The zero-order chi connectivity index (χ0) is 15.2. The summed E-state index contributed by atoms with van der Waals surface area (Å²) >= 11 is 0. The maximum Gasteiger partial charge on any atom is 0.256 e. The highest BCUT2D eigenvalue weighted by Gasteiger charge is 2.32. The van der Waals surface area contributed by atoms with Gasteiger partial charge in [0.25, 0.3) is 5.91 Å². The third kappa shape index (κ3) is 2.44. The van der Waals surface area contributed by atoms with Gasteiger partial charge in [0.1, 0.15) is 0 Å². The number of hydrogen-bond acceptors (Lipinski definition) is 3. The van der Waals surface area contributed by atoms with Gasteiger partial charge in [0.15, 0.2) is 0 Å². The average Bonchev–Trinajstić information content (AvgIpc) is 2.96. The molecule has 2 heterocycles. The molecule has 0 saturated carbocycles. The Bertz CT molecular complexity index is 807. The summed E-state index contributed by atoms with van der Waals surface area (Å²) in [5, 5.41) is 0.913. The van der Waals surface area contributed by atoms with Gasteiger partial charge in [0, 0.05) is 45.2 Å². The molecular formula is C15H19N3O2S. The number of aryl methyl sites for hydroxylation is 1. The Morgan fingerprint density at radius 2 is 2.14 bits per heavy atom. The average molecular weight is 305 g/mol. The van der Waals surface area contributed by atoms with Crippen molar-refractivity contribution in [3.8, 4) is 0 Å². The van der Waals surface area contributed by atoms with Gasteiger partial charge in [-0.2, -0.15) is 0 Å². The Kier molecular flexibility index (Phi) is 3.28. The van der Waals surface area contributed by atoms with Crippen LogP contribution in [-0.4, -0.2) is 44.6 Å². The first kappa shape index (κ1) is 14.1. The van der Waals surface area contributed by atoms with Crippen LogP contribution in [0.4, 0.5) is 0 Å². The minimum Gasteiger partial charge on any atom is -0.358 e. The van der Waals surface area contributed by atoms with Crippen LogP contribution in [-0.2, 0) is 9.73 Å². The molecule has 21 heavy (non-hydrogen) atoms. The first-order valence-corrected chi connectivity index (χ1v) is 8.87. The van der Waals surface area contributed by atoms with Gasteiger partial charge >= 0.3 is 0 Å². The van der Waals surface area contributed by atoms with E-state index in [0.717, 1.165) is 16.6 Å². The zero-order valence-corrected chi connectivity index (χ0v) is 13.0. The molecule has 112 valence electrons. The molecular weight excluding hydrogens is 286 g/mol. The lowest BCUT2D eigenvalue weighted by molar-refractivity contribution is 0.0749. The van der Waals surface area contributed by atoms with Crippen LogP contribution in [0, 0.1) is 11.7 Å². The van der Waals surface area contributed by atoms with E-state index in [2.05, 4.69) is 4.98 Å². The number of aromatic amines is 1. The standard InChI is InChI=1S/C15H19N3O2S/c1-10-14(12-5-3-4-6-13(12)17-10)15(19)18(2)11-7-8-21(16,20)9-11/h3-6,11,16-17H,7-9H2,1-2H3. The van der Waals surface area contributed by atoms with Gasteiger partial charge in [-0.15, -0.1) is 0 Å². The number of para-hydroxylation sites is 1. The molecule has 6 heteroatoms. The number of nitrogens with zero attached hydrogens (tertiary/aromatic N) is 1. The number of hydrogen-bond donors (Lipinski definition) is 2. The number of fused-ring (bicyclic) bond motifs is 1. The predicted octanol–water partition coefficient (Wildman–Crippen LogP) is 2.37. The fourth-order valence-electron chi connectivity index (χ4n) is 3.00. The molecule has 2 N–H and O–H groups in total. The van der Waals surface area contributed by atoms with Crippen LogP contribution >= 0.6 is 0 Å². The SMILES string of the molecule is Cc1[nH]c2ccccc2c1C(=O)N(C)C1CCS(=N)(=O)C1. The van der Waals surface area contributed by atoms with E-state index in [4.69, 9.17) is 4.78 Å². The summed E-state index contributed by atoms with van der Waals surface area (Å²) in [6.45, 7) is 1.89. The number of H-pyrrole nitrogens is 1. The molecule has 1 aromatic heterocycles. The van der Waals surface area contributed by atoms with Crippen molar-refractivity contribution in [1.29, 1.82) is 4.78 Å². The van der Waals surface area contributed by atoms with Gasteiger partial charge in [-0.25, -0.2) is 4.21 Å². The minimum absolute atomic E-state index is 0.0629.